The van der Waals surface area contributed by atoms with Crippen LogP contribution in [0.15, 0.2) is 29.7 Å². The van der Waals surface area contributed by atoms with E-state index in [9.17, 15) is 0 Å². The molecule has 0 heterocycles. The summed E-state index contributed by atoms with van der Waals surface area (Å²) in [6.07, 6.45) is 2.81. The first-order chi connectivity index (χ1) is 4.18. The summed E-state index contributed by atoms with van der Waals surface area (Å²) in [5.74, 6) is 0. The van der Waals surface area contributed by atoms with Gasteiger partial charge in [0, 0.05) is 18.1 Å². The predicted octanol–water partition coefficient (Wildman–Crippen LogP) is 0.350. The molecule has 0 fully saturated rings. The summed E-state index contributed by atoms with van der Waals surface area (Å²) in [6.45, 7) is 5.25. The van der Waals surface area contributed by atoms with Crippen LogP contribution in [-0.4, -0.2) is 5.71 Å². The summed E-state index contributed by atoms with van der Waals surface area (Å²) in [5, 5.41) is 0. The minimum atomic E-state index is 0.466. The Kier molecular flexibility index (Phi) is 3.20. The summed E-state index contributed by atoms with van der Waals surface area (Å²) < 4.78 is 0. The van der Waals surface area contributed by atoms with Crippen LogP contribution in [-0.2, 0) is 0 Å². The summed E-state index contributed by atoms with van der Waals surface area (Å²) in [5.41, 5.74) is 11.5. The van der Waals surface area contributed by atoms with Gasteiger partial charge in [0.1, 0.15) is 0 Å². The third kappa shape index (κ3) is 3.34. The SMILES string of the molecule is C=C(N)/C(C)=N\C=C/N. The normalized spacial score (nSPS) is 12.3. The Morgan fingerprint density at radius 1 is 1.67 bits per heavy atom. The molecule has 0 aromatic rings. The van der Waals surface area contributed by atoms with Crippen LogP contribution < -0.4 is 11.5 Å². The second-order valence-electron chi connectivity index (χ2n) is 1.58. The van der Waals surface area contributed by atoms with Crippen molar-refractivity contribution in [2.24, 2.45) is 16.5 Å². The number of hydrogen-bond acceptors (Lipinski definition) is 3. The second-order valence-corrected chi connectivity index (χ2v) is 1.58. The first-order valence-electron chi connectivity index (χ1n) is 2.54. The van der Waals surface area contributed by atoms with Gasteiger partial charge in [-0.2, -0.15) is 0 Å². The molecular weight excluding hydrogens is 114 g/mol. The summed E-state index contributed by atoms with van der Waals surface area (Å²) in [7, 11) is 0. The van der Waals surface area contributed by atoms with E-state index in [-0.39, 0.29) is 0 Å². The molecule has 3 nitrogen and oxygen atoms in total. The Morgan fingerprint density at radius 3 is 2.56 bits per heavy atom. The molecule has 0 atom stereocenters. The number of nitrogens with zero attached hydrogens (tertiary/aromatic N) is 1. The number of nitrogens with two attached hydrogens (primary N) is 2. The first-order valence-corrected chi connectivity index (χ1v) is 2.54. The highest BCUT2D eigenvalue weighted by Crippen LogP contribution is 1.84. The number of hydrogen-bond donors (Lipinski definition) is 2. The zero-order valence-electron chi connectivity index (χ0n) is 5.46. The van der Waals surface area contributed by atoms with Crippen molar-refractivity contribution >= 4 is 5.71 Å². The van der Waals surface area contributed by atoms with Crippen molar-refractivity contribution in [1.82, 2.24) is 0 Å². The smallest absolute Gasteiger partial charge is 0.0596 e. The van der Waals surface area contributed by atoms with Gasteiger partial charge in [-0.3, -0.25) is 4.99 Å². The molecule has 0 saturated carbocycles. The van der Waals surface area contributed by atoms with Crippen molar-refractivity contribution in [1.29, 1.82) is 0 Å². The zero-order chi connectivity index (χ0) is 7.28. The van der Waals surface area contributed by atoms with Crippen molar-refractivity contribution in [3.63, 3.8) is 0 Å². The van der Waals surface area contributed by atoms with Crippen LogP contribution in [0.3, 0.4) is 0 Å². The Bertz CT molecular complexity index is 156. The number of allylic oxidation sites excluding steroid dienone is 1. The predicted molar refractivity (Wildman–Crippen MR) is 39.8 cm³/mol. The van der Waals surface area contributed by atoms with E-state index < -0.39 is 0 Å². The Labute approximate surface area is 54.8 Å². The maximum absolute atomic E-state index is 5.28. The van der Waals surface area contributed by atoms with Gasteiger partial charge in [-0.25, -0.2) is 0 Å². The lowest BCUT2D eigenvalue weighted by Gasteiger charge is -1.92. The summed E-state index contributed by atoms with van der Waals surface area (Å²) >= 11 is 0. The fraction of sp³-hybridized carbons (Fsp3) is 0.167. The molecule has 4 N–H and O–H groups in total. The van der Waals surface area contributed by atoms with Crippen molar-refractivity contribution in [3.8, 4) is 0 Å². The molecule has 0 aliphatic heterocycles. The Balaban J connectivity index is 4.00. The lowest BCUT2D eigenvalue weighted by atomic mass is 10.3. The van der Waals surface area contributed by atoms with Crippen LogP contribution in [0.25, 0.3) is 0 Å². The van der Waals surface area contributed by atoms with Gasteiger partial charge in [-0.05, 0) is 6.92 Å². The highest BCUT2D eigenvalue weighted by atomic mass is 14.8. The second kappa shape index (κ2) is 3.72. The third-order valence-corrected chi connectivity index (χ3v) is 0.819. The van der Waals surface area contributed by atoms with E-state index in [0.717, 1.165) is 0 Å². The largest absolute Gasteiger partial charge is 0.403 e. The monoisotopic (exact) mass is 125 g/mol. The van der Waals surface area contributed by atoms with Crippen LogP contribution >= 0.6 is 0 Å². The molecule has 0 radical (unpaired) electrons. The molecule has 3 heteroatoms. The van der Waals surface area contributed by atoms with Gasteiger partial charge >= 0.3 is 0 Å². The molecule has 0 amide bonds. The summed E-state index contributed by atoms with van der Waals surface area (Å²) in [4.78, 5) is 3.83. The van der Waals surface area contributed by atoms with E-state index in [1.54, 1.807) is 6.92 Å². The molecule has 0 aliphatic carbocycles. The van der Waals surface area contributed by atoms with E-state index in [4.69, 9.17) is 11.5 Å². The molecular formula is C6H11N3. The van der Waals surface area contributed by atoms with Crippen molar-refractivity contribution in [3.05, 3.63) is 24.7 Å². The fourth-order valence-electron chi connectivity index (χ4n) is 0.238. The van der Waals surface area contributed by atoms with Gasteiger partial charge < -0.3 is 11.5 Å². The van der Waals surface area contributed by atoms with Crippen LogP contribution in [0, 0.1) is 0 Å². The first kappa shape index (κ1) is 7.75. The highest BCUT2D eigenvalue weighted by Gasteiger charge is 1.86. The van der Waals surface area contributed by atoms with Crippen LogP contribution in [0.5, 0.6) is 0 Å². The average Bonchev–Trinajstić information content (AvgIpc) is 1.82. The van der Waals surface area contributed by atoms with Crippen LogP contribution in [0.1, 0.15) is 6.92 Å². The fourth-order valence-corrected chi connectivity index (χ4v) is 0.238. The van der Waals surface area contributed by atoms with E-state index >= 15 is 0 Å². The van der Waals surface area contributed by atoms with Crippen molar-refractivity contribution in [2.75, 3.05) is 0 Å². The molecule has 0 bridgehead atoms. The van der Waals surface area contributed by atoms with E-state index in [0.29, 0.717) is 11.4 Å². The van der Waals surface area contributed by atoms with E-state index in [1.165, 1.54) is 12.4 Å². The number of aliphatic imine (C=N–C) groups is 1. The molecule has 0 spiro atoms. The quantitative estimate of drug-likeness (QED) is 0.523. The van der Waals surface area contributed by atoms with Crippen LogP contribution in [0.4, 0.5) is 0 Å². The van der Waals surface area contributed by atoms with Gasteiger partial charge in [-0.15, -0.1) is 0 Å². The zero-order valence-corrected chi connectivity index (χ0v) is 5.46. The van der Waals surface area contributed by atoms with Gasteiger partial charge in [-0.1, -0.05) is 6.58 Å². The van der Waals surface area contributed by atoms with Gasteiger partial charge in [0.2, 0.25) is 0 Å². The van der Waals surface area contributed by atoms with E-state index in [2.05, 4.69) is 11.6 Å². The van der Waals surface area contributed by atoms with Crippen molar-refractivity contribution in [2.45, 2.75) is 6.92 Å². The molecule has 0 rings (SSSR count). The molecule has 0 unspecified atom stereocenters. The van der Waals surface area contributed by atoms with Gasteiger partial charge in [0.05, 0.1) is 5.71 Å². The molecule has 0 saturated heterocycles. The van der Waals surface area contributed by atoms with Gasteiger partial charge in [0.15, 0.2) is 0 Å². The number of rotatable bonds is 2. The molecule has 0 aliphatic rings. The third-order valence-electron chi connectivity index (χ3n) is 0.819. The van der Waals surface area contributed by atoms with Crippen LogP contribution in [0.2, 0.25) is 0 Å². The molecule has 50 valence electrons. The standard InChI is InChI=1S/C6H11N3/c1-5(8)6(2)9-4-3-7/h3-4H,1,7-8H2,2H3/b4-3-,9-6-. The minimum absolute atomic E-state index is 0.466. The minimum Gasteiger partial charge on any atom is -0.403 e. The highest BCUT2D eigenvalue weighted by molar-refractivity contribution is 5.97. The average molecular weight is 125 g/mol. The molecule has 0 aromatic heterocycles. The Morgan fingerprint density at radius 2 is 2.22 bits per heavy atom. The topological polar surface area (TPSA) is 64.4 Å². The maximum Gasteiger partial charge on any atom is 0.0596 e. The van der Waals surface area contributed by atoms with Crippen molar-refractivity contribution < 1.29 is 0 Å². The molecule has 0 aromatic carbocycles. The maximum atomic E-state index is 5.28. The summed E-state index contributed by atoms with van der Waals surface area (Å²) in [6, 6.07) is 0. The molecule has 9 heavy (non-hydrogen) atoms. The van der Waals surface area contributed by atoms with Gasteiger partial charge in [0.25, 0.3) is 0 Å². The van der Waals surface area contributed by atoms with E-state index in [1.807, 2.05) is 0 Å². The lowest BCUT2D eigenvalue weighted by Crippen LogP contribution is -2.04. The Hall–Kier alpha value is -1.25. The lowest BCUT2D eigenvalue weighted by molar-refractivity contribution is 1.40.